The van der Waals surface area contributed by atoms with Gasteiger partial charge in [0.2, 0.25) is 0 Å². The third kappa shape index (κ3) is 1.92. The summed E-state index contributed by atoms with van der Waals surface area (Å²) >= 11 is 0. The quantitative estimate of drug-likeness (QED) is 0.814. The molecule has 3 rings (SSSR count). The highest BCUT2D eigenvalue weighted by molar-refractivity contribution is 6.04. The molecule has 4 heteroatoms. The van der Waals surface area contributed by atoms with Gasteiger partial charge in [0.1, 0.15) is 0 Å². The lowest BCUT2D eigenvalue weighted by molar-refractivity contribution is 0.0603. The maximum absolute atomic E-state index is 11.8. The molecule has 0 bridgehead atoms. The Morgan fingerprint density at radius 1 is 1.42 bits per heavy atom. The summed E-state index contributed by atoms with van der Waals surface area (Å²) in [5, 5.41) is 4.46. The van der Waals surface area contributed by atoms with E-state index in [4.69, 9.17) is 4.74 Å². The monoisotopic (exact) mass is 258 g/mol. The van der Waals surface area contributed by atoms with Crippen LogP contribution < -0.4 is 5.32 Å². The first-order valence-corrected chi connectivity index (χ1v) is 6.59. The molecular weight excluding hydrogens is 240 g/mol. The second kappa shape index (κ2) is 4.38. The molecular formula is C15H18N2O2. The molecule has 4 nitrogen and oxygen atoms in total. The number of carbonyl (C=O) groups is 1. The molecule has 1 aromatic carbocycles. The Hall–Kier alpha value is -1.81. The fourth-order valence-corrected chi connectivity index (χ4v) is 2.86. The van der Waals surface area contributed by atoms with Crippen molar-refractivity contribution in [1.29, 1.82) is 0 Å². The van der Waals surface area contributed by atoms with Gasteiger partial charge in [-0.05, 0) is 44.5 Å². The third-order valence-electron chi connectivity index (χ3n) is 4.03. The van der Waals surface area contributed by atoms with Gasteiger partial charge < -0.3 is 15.0 Å². The van der Waals surface area contributed by atoms with Gasteiger partial charge >= 0.3 is 5.97 Å². The molecule has 1 saturated heterocycles. The van der Waals surface area contributed by atoms with Crippen LogP contribution in [0.25, 0.3) is 10.9 Å². The SMILES string of the molecule is COC(=O)c1cccc2[nH]c([C@@]3(C)CCCN3)cc12. The van der Waals surface area contributed by atoms with Crippen molar-refractivity contribution in [1.82, 2.24) is 10.3 Å². The Balaban J connectivity index is 2.13. The van der Waals surface area contributed by atoms with Crippen molar-refractivity contribution >= 4 is 16.9 Å². The zero-order chi connectivity index (χ0) is 13.5. The Labute approximate surface area is 112 Å². The second-order valence-corrected chi connectivity index (χ2v) is 5.30. The topological polar surface area (TPSA) is 54.1 Å². The number of rotatable bonds is 2. The number of hydrogen-bond acceptors (Lipinski definition) is 3. The highest BCUT2D eigenvalue weighted by atomic mass is 16.5. The van der Waals surface area contributed by atoms with Gasteiger partial charge in [-0.1, -0.05) is 6.07 Å². The van der Waals surface area contributed by atoms with Crippen LogP contribution in [0, 0.1) is 0 Å². The zero-order valence-electron chi connectivity index (χ0n) is 11.2. The van der Waals surface area contributed by atoms with Crippen molar-refractivity contribution in [2.45, 2.75) is 25.3 Å². The molecule has 0 saturated carbocycles. The molecule has 1 fully saturated rings. The number of H-pyrrole nitrogens is 1. The minimum atomic E-state index is -0.291. The highest BCUT2D eigenvalue weighted by Gasteiger charge is 2.31. The maximum Gasteiger partial charge on any atom is 0.338 e. The molecule has 0 amide bonds. The van der Waals surface area contributed by atoms with Gasteiger partial charge in [0.05, 0.1) is 18.2 Å². The normalized spacial score (nSPS) is 22.8. The van der Waals surface area contributed by atoms with E-state index in [0.717, 1.165) is 29.6 Å². The zero-order valence-corrected chi connectivity index (χ0v) is 11.2. The molecule has 2 heterocycles. The van der Waals surface area contributed by atoms with E-state index in [-0.39, 0.29) is 11.5 Å². The Bertz CT molecular complexity index is 624. The Morgan fingerprint density at radius 2 is 2.26 bits per heavy atom. The fraction of sp³-hybridized carbons (Fsp3) is 0.400. The first-order chi connectivity index (χ1) is 9.14. The number of hydrogen-bond donors (Lipinski definition) is 2. The molecule has 0 unspecified atom stereocenters. The average Bonchev–Trinajstić information content (AvgIpc) is 3.04. The highest BCUT2D eigenvalue weighted by Crippen LogP contribution is 2.32. The summed E-state index contributed by atoms with van der Waals surface area (Å²) in [6.45, 7) is 3.23. The number of aromatic amines is 1. The maximum atomic E-state index is 11.8. The Morgan fingerprint density at radius 3 is 2.95 bits per heavy atom. The van der Waals surface area contributed by atoms with Gasteiger partial charge in [-0.3, -0.25) is 0 Å². The second-order valence-electron chi connectivity index (χ2n) is 5.30. The first-order valence-electron chi connectivity index (χ1n) is 6.59. The van der Waals surface area contributed by atoms with E-state index in [1.165, 1.54) is 13.5 Å². The van der Waals surface area contributed by atoms with Gasteiger partial charge in [0, 0.05) is 16.6 Å². The van der Waals surface area contributed by atoms with Crippen LogP contribution in [0.5, 0.6) is 0 Å². The van der Waals surface area contributed by atoms with E-state index >= 15 is 0 Å². The minimum absolute atomic E-state index is 0.0214. The van der Waals surface area contributed by atoms with Crippen molar-refractivity contribution in [3.05, 3.63) is 35.5 Å². The summed E-state index contributed by atoms with van der Waals surface area (Å²) < 4.78 is 4.84. The number of aromatic nitrogens is 1. The third-order valence-corrected chi connectivity index (χ3v) is 4.03. The molecule has 1 aliphatic heterocycles. The van der Waals surface area contributed by atoms with Crippen molar-refractivity contribution < 1.29 is 9.53 Å². The van der Waals surface area contributed by atoms with Gasteiger partial charge in [-0.15, -0.1) is 0 Å². The summed E-state index contributed by atoms with van der Waals surface area (Å²) in [4.78, 5) is 15.2. The predicted molar refractivity (Wildman–Crippen MR) is 74.2 cm³/mol. The summed E-state index contributed by atoms with van der Waals surface area (Å²) in [5.41, 5.74) is 2.71. The van der Waals surface area contributed by atoms with Crippen LogP contribution in [0.15, 0.2) is 24.3 Å². The van der Waals surface area contributed by atoms with Crippen LogP contribution >= 0.6 is 0 Å². The molecule has 1 aliphatic rings. The smallest absolute Gasteiger partial charge is 0.338 e. The van der Waals surface area contributed by atoms with Crippen molar-refractivity contribution in [3.63, 3.8) is 0 Å². The van der Waals surface area contributed by atoms with E-state index in [2.05, 4.69) is 23.3 Å². The molecule has 0 aliphatic carbocycles. The van der Waals surface area contributed by atoms with E-state index in [1.54, 1.807) is 6.07 Å². The minimum Gasteiger partial charge on any atom is -0.465 e. The number of ether oxygens (including phenoxy) is 1. The number of carbonyl (C=O) groups excluding carboxylic acids is 1. The fourth-order valence-electron chi connectivity index (χ4n) is 2.86. The van der Waals surface area contributed by atoms with Gasteiger partial charge in [0.25, 0.3) is 0 Å². The molecule has 0 spiro atoms. The van der Waals surface area contributed by atoms with Crippen molar-refractivity contribution in [3.8, 4) is 0 Å². The average molecular weight is 258 g/mol. The summed E-state index contributed by atoms with van der Waals surface area (Å²) in [6, 6.07) is 7.74. The first kappa shape index (κ1) is 12.2. The standard InChI is InChI=1S/C15H18N2O2/c1-15(7-4-8-16-15)13-9-11-10(14(18)19-2)5-3-6-12(11)17-13/h3,5-6,9,16-17H,4,7-8H2,1-2H3/t15-/m1/s1. The van der Waals surface area contributed by atoms with Crippen LogP contribution in [0.1, 0.15) is 35.8 Å². The molecule has 100 valence electrons. The van der Waals surface area contributed by atoms with E-state index in [1.807, 2.05) is 12.1 Å². The summed E-state index contributed by atoms with van der Waals surface area (Å²) in [5.74, 6) is -0.291. The molecule has 0 radical (unpaired) electrons. The lowest BCUT2D eigenvalue weighted by Crippen LogP contribution is -2.33. The summed E-state index contributed by atoms with van der Waals surface area (Å²) in [6.07, 6.45) is 2.28. The molecule has 2 aromatic rings. The number of nitrogens with one attached hydrogen (secondary N) is 2. The van der Waals surface area contributed by atoms with E-state index in [9.17, 15) is 4.79 Å². The number of fused-ring (bicyclic) bond motifs is 1. The molecule has 19 heavy (non-hydrogen) atoms. The van der Waals surface area contributed by atoms with E-state index in [0.29, 0.717) is 5.56 Å². The number of esters is 1. The van der Waals surface area contributed by atoms with Gasteiger partial charge in [0.15, 0.2) is 0 Å². The Kier molecular flexibility index (Phi) is 2.82. The largest absolute Gasteiger partial charge is 0.465 e. The number of benzene rings is 1. The predicted octanol–water partition coefficient (Wildman–Crippen LogP) is 2.55. The van der Waals surface area contributed by atoms with E-state index < -0.39 is 0 Å². The number of methoxy groups -OCH3 is 1. The molecule has 2 N–H and O–H groups in total. The van der Waals surface area contributed by atoms with Crippen molar-refractivity contribution in [2.75, 3.05) is 13.7 Å². The van der Waals surface area contributed by atoms with Gasteiger partial charge in [-0.2, -0.15) is 0 Å². The van der Waals surface area contributed by atoms with Crippen LogP contribution in [-0.4, -0.2) is 24.6 Å². The van der Waals surface area contributed by atoms with Gasteiger partial charge in [-0.25, -0.2) is 4.79 Å². The summed E-state index contributed by atoms with van der Waals surface area (Å²) in [7, 11) is 1.41. The van der Waals surface area contributed by atoms with Crippen LogP contribution in [0.2, 0.25) is 0 Å². The molecule has 1 atom stereocenters. The van der Waals surface area contributed by atoms with Crippen molar-refractivity contribution in [2.24, 2.45) is 0 Å². The van der Waals surface area contributed by atoms with Crippen LogP contribution in [-0.2, 0) is 10.3 Å². The molecule has 1 aromatic heterocycles. The lowest BCUT2D eigenvalue weighted by atomic mass is 9.96. The van der Waals surface area contributed by atoms with Crippen LogP contribution in [0.3, 0.4) is 0 Å². The lowest BCUT2D eigenvalue weighted by Gasteiger charge is -2.22. The van der Waals surface area contributed by atoms with Crippen LogP contribution in [0.4, 0.5) is 0 Å².